The zero-order chi connectivity index (χ0) is 15.0. The molecule has 1 atom stereocenters. The van der Waals surface area contributed by atoms with Gasteiger partial charge in [0.2, 0.25) is 0 Å². The first-order chi connectivity index (χ1) is 9.52. The van der Waals surface area contributed by atoms with E-state index in [-0.39, 0.29) is 19.1 Å². The van der Waals surface area contributed by atoms with Crippen LogP contribution in [-0.4, -0.2) is 30.3 Å². The summed E-state index contributed by atoms with van der Waals surface area (Å²) in [5, 5.41) is 12.2. The molecule has 0 spiro atoms. The zero-order valence-electron chi connectivity index (χ0n) is 12.6. The number of carbonyl (C=O) groups excluding carboxylic acids is 1. The van der Waals surface area contributed by atoms with E-state index in [0.717, 1.165) is 6.42 Å². The van der Waals surface area contributed by atoms with Crippen molar-refractivity contribution in [3.05, 3.63) is 29.8 Å². The van der Waals surface area contributed by atoms with Crippen molar-refractivity contribution in [3.8, 4) is 5.75 Å². The Morgan fingerprint density at radius 1 is 1.40 bits per heavy atom. The number of aliphatic hydroxyl groups excluding tert-OH is 1. The van der Waals surface area contributed by atoms with Crippen LogP contribution in [0, 0.1) is 0 Å². The van der Waals surface area contributed by atoms with Gasteiger partial charge in [0.05, 0.1) is 6.10 Å². The van der Waals surface area contributed by atoms with Crippen LogP contribution in [0.2, 0.25) is 0 Å². The van der Waals surface area contributed by atoms with Gasteiger partial charge in [-0.2, -0.15) is 0 Å². The number of amides is 1. The first kappa shape index (κ1) is 16.5. The predicted octanol–water partition coefficient (Wildman–Crippen LogP) is 2.47. The van der Waals surface area contributed by atoms with E-state index in [1.165, 1.54) is 5.56 Å². The fraction of sp³-hybridized carbons (Fsp3) is 0.562. The summed E-state index contributed by atoms with van der Waals surface area (Å²) in [4.78, 5) is 11.6. The molecule has 0 saturated heterocycles. The molecular formula is C16H25NO3. The molecule has 1 aromatic carbocycles. The number of rotatable bonds is 8. The van der Waals surface area contributed by atoms with Crippen LogP contribution < -0.4 is 10.1 Å². The maximum absolute atomic E-state index is 11.6. The van der Waals surface area contributed by atoms with Crippen LogP contribution in [0.1, 0.15) is 45.1 Å². The third-order valence-corrected chi connectivity index (χ3v) is 3.05. The molecule has 20 heavy (non-hydrogen) atoms. The molecule has 0 aliphatic carbocycles. The number of hydrogen-bond donors (Lipinski definition) is 2. The lowest BCUT2D eigenvalue weighted by atomic mass is 10.0. The van der Waals surface area contributed by atoms with E-state index >= 15 is 0 Å². The quantitative estimate of drug-likeness (QED) is 0.768. The van der Waals surface area contributed by atoms with Crippen molar-refractivity contribution in [1.82, 2.24) is 5.32 Å². The van der Waals surface area contributed by atoms with Gasteiger partial charge in [0.1, 0.15) is 5.75 Å². The van der Waals surface area contributed by atoms with E-state index in [1.54, 1.807) is 0 Å². The first-order valence-electron chi connectivity index (χ1n) is 7.20. The Morgan fingerprint density at radius 2 is 2.15 bits per heavy atom. The molecule has 1 rings (SSSR count). The molecule has 4 nitrogen and oxygen atoms in total. The van der Waals surface area contributed by atoms with Crippen molar-refractivity contribution in [2.45, 2.75) is 45.6 Å². The summed E-state index contributed by atoms with van der Waals surface area (Å²) in [5.41, 5.74) is 1.18. The maximum atomic E-state index is 11.6. The molecule has 1 unspecified atom stereocenters. The molecule has 1 amide bonds. The third kappa shape index (κ3) is 6.06. The van der Waals surface area contributed by atoms with Crippen LogP contribution in [0.4, 0.5) is 0 Å². The molecule has 1 aromatic rings. The predicted molar refractivity (Wildman–Crippen MR) is 80.0 cm³/mol. The van der Waals surface area contributed by atoms with Crippen molar-refractivity contribution in [2.75, 3.05) is 13.2 Å². The summed E-state index contributed by atoms with van der Waals surface area (Å²) >= 11 is 0. The van der Waals surface area contributed by atoms with Crippen molar-refractivity contribution in [1.29, 1.82) is 0 Å². The number of carbonyl (C=O) groups is 1. The Bertz CT molecular complexity index is 418. The average molecular weight is 279 g/mol. The highest BCUT2D eigenvalue weighted by Crippen LogP contribution is 2.19. The van der Waals surface area contributed by atoms with Gasteiger partial charge in [-0.3, -0.25) is 4.79 Å². The summed E-state index contributed by atoms with van der Waals surface area (Å²) in [6.07, 6.45) is 1.11. The highest BCUT2D eigenvalue weighted by atomic mass is 16.5. The second kappa shape index (κ2) is 8.59. The van der Waals surface area contributed by atoms with Gasteiger partial charge in [-0.1, -0.05) is 39.3 Å². The summed E-state index contributed by atoms with van der Waals surface area (Å²) < 4.78 is 5.46. The summed E-state index contributed by atoms with van der Waals surface area (Å²) in [7, 11) is 0. The lowest BCUT2D eigenvalue weighted by Gasteiger charge is -2.12. The molecule has 0 fully saturated rings. The van der Waals surface area contributed by atoms with Gasteiger partial charge in [0.25, 0.3) is 5.91 Å². The zero-order valence-corrected chi connectivity index (χ0v) is 12.6. The Kier molecular flexibility index (Phi) is 7.09. The van der Waals surface area contributed by atoms with Gasteiger partial charge in [0.15, 0.2) is 6.61 Å². The van der Waals surface area contributed by atoms with Crippen molar-refractivity contribution in [2.24, 2.45) is 0 Å². The molecule has 0 heterocycles. The van der Waals surface area contributed by atoms with Crippen LogP contribution >= 0.6 is 0 Å². The van der Waals surface area contributed by atoms with E-state index in [1.807, 2.05) is 31.2 Å². The van der Waals surface area contributed by atoms with Crippen LogP contribution in [0.15, 0.2) is 24.3 Å². The van der Waals surface area contributed by atoms with E-state index in [2.05, 4.69) is 19.2 Å². The number of nitrogens with one attached hydrogen (secondary N) is 1. The van der Waals surface area contributed by atoms with Gasteiger partial charge in [-0.05, 0) is 30.0 Å². The number of hydrogen-bond acceptors (Lipinski definition) is 3. The minimum atomic E-state index is -0.479. The fourth-order valence-electron chi connectivity index (χ4n) is 1.83. The van der Waals surface area contributed by atoms with Crippen molar-refractivity contribution in [3.63, 3.8) is 0 Å². The molecule has 4 heteroatoms. The molecule has 0 bridgehead atoms. The minimum Gasteiger partial charge on any atom is -0.484 e. The van der Waals surface area contributed by atoms with Crippen LogP contribution in [0.5, 0.6) is 5.75 Å². The molecule has 2 N–H and O–H groups in total. The van der Waals surface area contributed by atoms with Crippen molar-refractivity contribution < 1.29 is 14.6 Å². The lowest BCUT2D eigenvalue weighted by molar-refractivity contribution is -0.123. The van der Waals surface area contributed by atoms with Crippen LogP contribution in [0.25, 0.3) is 0 Å². The smallest absolute Gasteiger partial charge is 0.258 e. The molecule has 0 radical (unpaired) electrons. The Hall–Kier alpha value is -1.55. The van der Waals surface area contributed by atoms with Crippen molar-refractivity contribution >= 4 is 5.91 Å². The minimum absolute atomic E-state index is 0.0274. The van der Waals surface area contributed by atoms with E-state index in [4.69, 9.17) is 4.74 Å². The number of benzene rings is 1. The van der Waals surface area contributed by atoms with Gasteiger partial charge in [-0.15, -0.1) is 0 Å². The molecule has 112 valence electrons. The third-order valence-electron chi connectivity index (χ3n) is 3.05. The highest BCUT2D eigenvalue weighted by Gasteiger charge is 2.07. The lowest BCUT2D eigenvalue weighted by Crippen LogP contribution is -2.35. The average Bonchev–Trinajstić information content (AvgIpc) is 2.43. The second-order valence-corrected chi connectivity index (χ2v) is 5.26. The molecule has 0 saturated carbocycles. The Balaban J connectivity index is 2.35. The highest BCUT2D eigenvalue weighted by molar-refractivity contribution is 5.77. The normalized spacial score (nSPS) is 12.2. The standard InChI is InChI=1S/C16H25NO3/c1-4-6-14(18)10-17-16(19)11-20-15-8-5-7-13(9-15)12(2)3/h5,7-9,12,14,18H,4,6,10-11H2,1-3H3,(H,17,19). The fourth-order valence-corrected chi connectivity index (χ4v) is 1.83. The van der Waals surface area contributed by atoms with Gasteiger partial charge < -0.3 is 15.2 Å². The summed E-state index contributed by atoms with van der Waals surface area (Å²) in [6.45, 7) is 6.47. The molecule has 0 aliphatic heterocycles. The molecule has 0 aliphatic rings. The first-order valence-corrected chi connectivity index (χ1v) is 7.20. The SMILES string of the molecule is CCCC(O)CNC(=O)COc1cccc(C(C)C)c1. The van der Waals surface area contributed by atoms with Gasteiger partial charge in [-0.25, -0.2) is 0 Å². The van der Waals surface area contributed by atoms with E-state index in [9.17, 15) is 9.90 Å². The second-order valence-electron chi connectivity index (χ2n) is 5.26. The number of ether oxygens (including phenoxy) is 1. The Morgan fingerprint density at radius 3 is 2.80 bits per heavy atom. The summed E-state index contributed by atoms with van der Waals surface area (Å²) in [5.74, 6) is 0.909. The van der Waals surface area contributed by atoms with Crippen LogP contribution in [-0.2, 0) is 4.79 Å². The Labute approximate surface area is 121 Å². The molecule has 0 aromatic heterocycles. The maximum Gasteiger partial charge on any atom is 0.258 e. The number of aliphatic hydroxyl groups is 1. The van der Waals surface area contributed by atoms with Crippen LogP contribution in [0.3, 0.4) is 0 Å². The van der Waals surface area contributed by atoms with Gasteiger partial charge >= 0.3 is 0 Å². The molecular weight excluding hydrogens is 254 g/mol. The van der Waals surface area contributed by atoms with E-state index < -0.39 is 6.10 Å². The topological polar surface area (TPSA) is 58.6 Å². The largest absolute Gasteiger partial charge is 0.484 e. The van der Waals surface area contributed by atoms with Gasteiger partial charge in [0, 0.05) is 6.54 Å². The van der Waals surface area contributed by atoms with E-state index in [0.29, 0.717) is 18.1 Å². The monoisotopic (exact) mass is 279 g/mol. The summed E-state index contributed by atoms with van der Waals surface area (Å²) in [6, 6.07) is 7.75.